The molecule has 2 rings (SSSR count). The third-order valence-electron chi connectivity index (χ3n) is 4.03. The van der Waals surface area contributed by atoms with E-state index < -0.39 is 6.43 Å². The average Bonchev–Trinajstić information content (AvgIpc) is 2.41. The highest BCUT2D eigenvalue weighted by atomic mass is 19.3. The summed E-state index contributed by atoms with van der Waals surface area (Å²) in [6.45, 7) is 4.61. The molecule has 1 saturated heterocycles. The molecule has 0 radical (unpaired) electrons. The van der Waals surface area contributed by atoms with Crippen molar-refractivity contribution in [1.82, 2.24) is 4.90 Å². The predicted octanol–water partition coefficient (Wildman–Crippen LogP) is 3.18. The van der Waals surface area contributed by atoms with Crippen molar-refractivity contribution >= 4 is 0 Å². The summed E-state index contributed by atoms with van der Waals surface area (Å²) in [5, 5.41) is 0. The summed E-state index contributed by atoms with van der Waals surface area (Å²) in [6.07, 6.45) is -0.0858. The molecule has 1 aromatic carbocycles. The molecule has 19 heavy (non-hydrogen) atoms. The summed E-state index contributed by atoms with van der Waals surface area (Å²) in [7, 11) is 0. The van der Waals surface area contributed by atoms with Gasteiger partial charge in [-0.05, 0) is 43.9 Å². The molecule has 4 heteroatoms. The quantitative estimate of drug-likeness (QED) is 0.908. The molecule has 0 bridgehead atoms. The molecule has 0 saturated carbocycles. The van der Waals surface area contributed by atoms with Crippen LogP contribution < -0.4 is 5.73 Å². The maximum absolute atomic E-state index is 12.7. The summed E-state index contributed by atoms with van der Waals surface area (Å²) in [4.78, 5) is 2.35. The Balaban J connectivity index is 2.04. The van der Waals surface area contributed by atoms with Crippen LogP contribution in [-0.4, -0.2) is 24.0 Å². The van der Waals surface area contributed by atoms with E-state index in [9.17, 15) is 8.78 Å². The molecular weight excluding hydrogens is 246 g/mol. The summed E-state index contributed by atoms with van der Waals surface area (Å²) in [5.41, 5.74) is 6.81. The zero-order valence-electron chi connectivity index (χ0n) is 11.4. The average molecular weight is 268 g/mol. The molecule has 2 nitrogen and oxygen atoms in total. The molecule has 106 valence electrons. The Bertz CT molecular complexity index is 409. The van der Waals surface area contributed by atoms with Gasteiger partial charge in [0.25, 0.3) is 6.43 Å². The first kappa shape index (κ1) is 14.4. The Labute approximate surface area is 113 Å². The van der Waals surface area contributed by atoms with E-state index in [4.69, 9.17) is 5.73 Å². The van der Waals surface area contributed by atoms with Gasteiger partial charge in [0.05, 0.1) is 0 Å². The monoisotopic (exact) mass is 268 g/mol. The molecule has 1 aliphatic heterocycles. The number of nitrogens with two attached hydrogens (primary N) is 1. The summed E-state index contributed by atoms with van der Waals surface area (Å²) in [6, 6.07) is 7.23. The van der Waals surface area contributed by atoms with Crippen LogP contribution in [-0.2, 0) is 6.54 Å². The molecule has 1 fully saturated rings. The lowest BCUT2D eigenvalue weighted by molar-refractivity contribution is 0.113. The molecule has 2 unspecified atom stereocenters. The maximum atomic E-state index is 12.7. The molecule has 0 aromatic heterocycles. The van der Waals surface area contributed by atoms with Crippen LogP contribution in [0.25, 0.3) is 0 Å². The van der Waals surface area contributed by atoms with Crippen LogP contribution in [0.1, 0.15) is 37.3 Å². The van der Waals surface area contributed by atoms with Gasteiger partial charge in [-0.15, -0.1) is 0 Å². The van der Waals surface area contributed by atoms with E-state index >= 15 is 0 Å². The van der Waals surface area contributed by atoms with Crippen LogP contribution in [0.4, 0.5) is 8.78 Å². The van der Waals surface area contributed by atoms with Gasteiger partial charge in [0.15, 0.2) is 0 Å². The molecule has 0 aliphatic carbocycles. The minimum Gasteiger partial charge on any atom is -0.330 e. The Morgan fingerprint density at radius 1 is 1.37 bits per heavy atom. The van der Waals surface area contributed by atoms with Crippen LogP contribution in [0.2, 0.25) is 0 Å². The lowest BCUT2D eigenvalue weighted by Crippen LogP contribution is -2.43. The van der Waals surface area contributed by atoms with Crippen LogP contribution in [0.15, 0.2) is 24.3 Å². The second-order valence-corrected chi connectivity index (χ2v) is 5.50. The molecule has 2 N–H and O–H groups in total. The zero-order chi connectivity index (χ0) is 13.8. The van der Waals surface area contributed by atoms with Crippen molar-refractivity contribution < 1.29 is 8.78 Å². The topological polar surface area (TPSA) is 29.3 Å². The van der Waals surface area contributed by atoms with Crippen molar-refractivity contribution in [3.63, 3.8) is 0 Å². The fourth-order valence-electron chi connectivity index (χ4n) is 2.74. The summed E-state index contributed by atoms with van der Waals surface area (Å²) >= 11 is 0. The predicted molar refractivity (Wildman–Crippen MR) is 73.0 cm³/mol. The van der Waals surface area contributed by atoms with Gasteiger partial charge in [0.2, 0.25) is 0 Å². The second-order valence-electron chi connectivity index (χ2n) is 5.50. The minimum absolute atomic E-state index is 0.109. The normalized spacial score (nSPS) is 24.9. The summed E-state index contributed by atoms with van der Waals surface area (Å²) in [5.74, 6) is 0.537. The van der Waals surface area contributed by atoms with E-state index in [2.05, 4.69) is 11.8 Å². The molecule has 1 aromatic rings. The highest BCUT2D eigenvalue weighted by Gasteiger charge is 2.24. The van der Waals surface area contributed by atoms with Crippen LogP contribution >= 0.6 is 0 Å². The van der Waals surface area contributed by atoms with Gasteiger partial charge in [0.1, 0.15) is 0 Å². The smallest absolute Gasteiger partial charge is 0.263 e. The Kier molecular flexibility index (Phi) is 4.88. The first-order valence-corrected chi connectivity index (χ1v) is 6.91. The van der Waals surface area contributed by atoms with Crippen molar-refractivity contribution in [3.8, 4) is 0 Å². The van der Waals surface area contributed by atoms with E-state index in [0.717, 1.165) is 25.1 Å². The molecule has 2 atom stereocenters. The van der Waals surface area contributed by atoms with Crippen molar-refractivity contribution in [1.29, 1.82) is 0 Å². The number of hydrogen-bond donors (Lipinski definition) is 1. The van der Waals surface area contributed by atoms with Gasteiger partial charge in [-0.25, -0.2) is 8.78 Å². The number of likely N-dealkylation sites (tertiary alicyclic amines) is 1. The number of nitrogens with zero attached hydrogens (tertiary/aromatic N) is 1. The first-order valence-electron chi connectivity index (χ1n) is 6.91. The number of halogens is 2. The van der Waals surface area contributed by atoms with Gasteiger partial charge in [-0.3, -0.25) is 4.90 Å². The van der Waals surface area contributed by atoms with E-state index in [1.165, 1.54) is 12.5 Å². The van der Waals surface area contributed by atoms with Gasteiger partial charge >= 0.3 is 0 Å². The van der Waals surface area contributed by atoms with Gasteiger partial charge in [-0.2, -0.15) is 0 Å². The lowest BCUT2D eigenvalue weighted by atomic mass is 9.93. The van der Waals surface area contributed by atoms with E-state index in [0.29, 0.717) is 18.5 Å². The zero-order valence-corrected chi connectivity index (χ0v) is 11.4. The highest BCUT2D eigenvalue weighted by molar-refractivity contribution is 5.24. The van der Waals surface area contributed by atoms with Gasteiger partial charge < -0.3 is 5.73 Å². The first-order chi connectivity index (χ1) is 9.10. The van der Waals surface area contributed by atoms with E-state index in [1.807, 2.05) is 6.07 Å². The van der Waals surface area contributed by atoms with Crippen LogP contribution in [0.3, 0.4) is 0 Å². The Morgan fingerprint density at radius 3 is 2.84 bits per heavy atom. The minimum atomic E-state index is -2.39. The van der Waals surface area contributed by atoms with E-state index in [1.54, 1.807) is 12.1 Å². The van der Waals surface area contributed by atoms with Gasteiger partial charge in [-0.1, -0.05) is 18.2 Å². The molecule has 0 spiro atoms. The summed E-state index contributed by atoms with van der Waals surface area (Å²) < 4.78 is 25.4. The third kappa shape index (κ3) is 3.74. The van der Waals surface area contributed by atoms with E-state index in [-0.39, 0.29) is 5.56 Å². The highest BCUT2D eigenvalue weighted by Crippen LogP contribution is 2.25. The van der Waals surface area contributed by atoms with Crippen LogP contribution in [0, 0.1) is 5.92 Å². The number of alkyl halides is 2. The largest absolute Gasteiger partial charge is 0.330 e. The number of hydrogen-bond acceptors (Lipinski definition) is 2. The SMILES string of the molecule is CC1CCC(CN)CN1Cc1cccc(C(F)F)c1. The molecule has 1 aliphatic rings. The maximum Gasteiger partial charge on any atom is 0.263 e. The molecular formula is C15H22F2N2. The number of rotatable bonds is 4. The lowest BCUT2D eigenvalue weighted by Gasteiger charge is -2.37. The molecule has 0 amide bonds. The fourth-order valence-corrected chi connectivity index (χ4v) is 2.74. The molecule has 1 heterocycles. The van der Waals surface area contributed by atoms with Crippen molar-refractivity contribution in [2.24, 2.45) is 11.7 Å². The standard InChI is InChI=1S/C15H22F2N2/c1-11-5-6-13(8-18)10-19(11)9-12-3-2-4-14(7-12)15(16)17/h2-4,7,11,13,15H,5-6,8-10,18H2,1H3. The van der Waals surface area contributed by atoms with Crippen molar-refractivity contribution in [2.45, 2.75) is 38.8 Å². The Morgan fingerprint density at radius 2 is 2.16 bits per heavy atom. The van der Waals surface area contributed by atoms with Crippen molar-refractivity contribution in [3.05, 3.63) is 35.4 Å². The number of piperidine rings is 1. The van der Waals surface area contributed by atoms with Gasteiger partial charge in [0, 0.05) is 24.7 Å². The third-order valence-corrected chi connectivity index (χ3v) is 4.03. The van der Waals surface area contributed by atoms with Crippen LogP contribution in [0.5, 0.6) is 0 Å². The fraction of sp³-hybridized carbons (Fsp3) is 0.600. The Hall–Kier alpha value is -1.00. The number of benzene rings is 1. The van der Waals surface area contributed by atoms with Crippen molar-refractivity contribution in [2.75, 3.05) is 13.1 Å². The second kappa shape index (κ2) is 6.44.